The van der Waals surface area contributed by atoms with Crippen LogP contribution in [-0.4, -0.2) is 39.0 Å². The molecule has 3 rings (SSSR count). The molecule has 2 aromatic rings. The van der Waals surface area contributed by atoms with E-state index >= 15 is 0 Å². The third kappa shape index (κ3) is 4.90. The highest BCUT2D eigenvalue weighted by atomic mass is 32.2. The summed E-state index contributed by atoms with van der Waals surface area (Å²) in [7, 11) is 0. The molecule has 1 aliphatic heterocycles. The van der Waals surface area contributed by atoms with Crippen LogP contribution >= 0.6 is 11.8 Å². The van der Waals surface area contributed by atoms with E-state index in [2.05, 4.69) is 4.98 Å². The Kier molecular flexibility index (Phi) is 5.85. The van der Waals surface area contributed by atoms with E-state index in [-0.39, 0.29) is 34.8 Å². The number of ether oxygens (including phenoxy) is 1. The van der Waals surface area contributed by atoms with Crippen molar-refractivity contribution < 1.29 is 32.3 Å². The van der Waals surface area contributed by atoms with Gasteiger partial charge in [0.15, 0.2) is 0 Å². The van der Waals surface area contributed by atoms with Crippen molar-refractivity contribution in [2.75, 3.05) is 4.90 Å². The normalized spacial score (nSPS) is 16.0. The lowest BCUT2D eigenvalue weighted by Crippen LogP contribution is -2.43. The second kappa shape index (κ2) is 8.10. The molecule has 1 aromatic heterocycles. The number of carbonyl (C=O) groups is 3. The van der Waals surface area contributed by atoms with E-state index in [1.54, 1.807) is 19.9 Å². The van der Waals surface area contributed by atoms with Crippen molar-refractivity contribution in [1.29, 1.82) is 0 Å². The summed E-state index contributed by atoms with van der Waals surface area (Å²) in [6, 6.07) is 7.31. The molecular formula is C19H17F3N4O4S. The number of rotatable bonds is 5. The third-order valence-electron chi connectivity index (χ3n) is 4.50. The highest BCUT2D eigenvalue weighted by Crippen LogP contribution is 2.39. The Labute approximate surface area is 179 Å². The number of nitrogens with two attached hydrogens (primary N) is 1. The number of nitrogens with zero attached hydrogens (tertiary/aromatic N) is 3. The topological polar surface area (TPSA) is 106 Å². The van der Waals surface area contributed by atoms with Crippen molar-refractivity contribution in [3.05, 3.63) is 48.2 Å². The van der Waals surface area contributed by atoms with Crippen LogP contribution < -0.4 is 15.4 Å². The molecule has 1 aromatic carbocycles. The minimum absolute atomic E-state index is 0.00623. The SMILES string of the molecule is CC1(C)C(=O)N(c2ccc(SC(F)(F)F)cc2)C(=O)N1Cc1ccnc(OC(N)=O)c1. The predicted octanol–water partition coefficient (Wildman–Crippen LogP) is 3.90. The zero-order chi connectivity index (χ0) is 23.0. The molecule has 2 N–H and O–H groups in total. The fourth-order valence-corrected chi connectivity index (χ4v) is 3.56. The summed E-state index contributed by atoms with van der Waals surface area (Å²) in [5.74, 6) is -0.591. The van der Waals surface area contributed by atoms with Crippen LogP contribution in [-0.2, 0) is 11.3 Å². The van der Waals surface area contributed by atoms with Gasteiger partial charge in [0.2, 0.25) is 5.88 Å². The molecule has 0 radical (unpaired) electrons. The van der Waals surface area contributed by atoms with E-state index in [0.717, 1.165) is 4.90 Å². The van der Waals surface area contributed by atoms with Gasteiger partial charge in [-0.05, 0) is 61.5 Å². The molecule has 4 amide bonds. The van der Waals surface area contributed by atoms with Crippen molar-refractivity contribution in [2.45, 2.75) is 36.3 Å². The number of halogens is 3. The lowest BCUT2D eigenvalue weighted by Gasteiger charge is -2.27. The fraction of sp³-hybridized carbons (Fsp3) is 0.263. The molecule has 0 saturated carbocycles. The van der Waals surface area contributed by atoms with Crippen molar-refractivity contribution in [1.82, 2.24) is 9.88 Å². The number of hydrogen-bond acceptors (Lipinski definition) is 6. The molecule has 164 valence electrons. The Morgan fingerprint density at radius 1 is 1.19 bits per heavy atom. The highest BCUT2D eigenvalue weighted by Gasteiger charge is 2.51. The standard InChI is InChI=1S/C19H17F3N4O4S/c1-18(2)15(27)26(12-3-5-13(6-4-12)31-19(20,21)22)17(29)25(18)10-11-7-8-24-14(9-11)30-16(23)28/h3-9H,10H2,1-2H3,(H2,23,28). The minimum Gasteiger partial charge on any atom is -0.391 e. The molecule has 8 nitrogen and oxygen atoms in total. The van der Waals surface area contributed by atoms with Gasteiger partial charge in [-0.3, -0.25) is 4.79 Å². The Balaban J connectivity index is 1.84. The summed E-state index contributed by atoms with van der Waals surface area (Å²) >= 11 is -0.288. The second-order valence-electron chi connectivity index (χ2n) is 7.03. The average molecular weight is 454 g/mol. The average Bonchev–Trinajstić information content (AvgIpc) is 2.81. The highest BCUT2D eigenvalue weighted by molar-refractivity contribution is 8.00. The number of amides is 4. The van der Waals surface area contributed by atoms with Crippen molar-refractivity contribution in [3.63, 3.8) is 0 Å². The van der Waals surface area contributed by atoms with Gasteiger partial charge < -0.3 is 15.4 Å². The largest absolute Gasteiger partial charge is 0.446 e. The van der Waals surface area contributed by atoms with Crippen LogP contribution in [0.3, 0.4) is 0 Å². The number of alkyl halides is 3. The Morgan fingerprint density at radius 3 is 2.42 bits per heavy atom. The van der Waals surface area contributed by atoms with Gasteiger partial charge in [0, 0.05) is 23.7 Å². The molecule has 0 unspecified atom stereocenters. The van der Waals surface area contributed by atoms with Gasteiger partial charge in [-0.25, -0.2) is 19.5 Å². The Hall–Kier alpha value is -3.28. The van der Waals surface area contributed by atoms with Gasteiger partial charge in [-0.2, -0.15) is 13.2 Å². The van der Waals surface area contributed by atoms with Crippen LogP contribution in [0.2, 0.25) is 0 Å². The van der Waals surface area contributed by atoms with Crippen molar-refractivity contribution in [2.24, 2.45) is 5.73 Å². The zero-order valence-electron chi connectivity index (χ0n) is 16.3. The number of primary amides is 1. The van der Waals surface area contributed by atoms with Crippen LogP contribution in [0.5, 0.6) is 5.88 Å². The van der Waals surface area contributed by atoms with E-state index in [4.69, 9.17) is 10.5 Å². The Morgan fingerprint density at radius 2 is 1.84 bits per heavy atom. The van der Waals surface area contributed by atoms with Gasteiger partial charge in [0.25, 0.3) is 5.91 Å². The molecule has 1 saturated heterocycles. The second-order valence-corrected chi connectivity index (χ2v) is 8.17. The third-order valence-corrected chi connectivity index (χ3v) is 5.24. The molecule has 0 aliphatic carbocycles. The van der Waals surface area contributed by atoms with Gasteiger partial charge in [0.05, 0.1) is 5.69 Å². The van der Waals surface area contributed by atoms with Crippen LogP contribution in [0.25, 0.3) is 0 Å². The summed E-state index contributed by atoms with van der Waals surface area (Å²) in [6.07, 6.45) is 0.313. The molecule has 12 heteroatoms. The lowest BCUT2D eigenvalue weighted by molar-refractivity contribution is -0.123. The molecule has 0 bridgehead atoms. The first kappa shape index (κ1) is 22.4. The summed E-state index contributed by atoms with van der Waals surface area (Å²) in [5, 5.41) is 0. The number of aromatic nitrogens is 1. The maximum atomic E-state index is 13.0. The van der Waals surface area contributed by atoms with E-state index in [1.807, 2.05) is 0 Å². The number of imide groups is 1. The molecule has 2 heterocycles. The first-order valence-electron chi connectivity index (χ1n) is 8.82. The number of hydrogen-bond donors (Lipinski definition) is 1. The minimum atomic E-state index is -4.44. The molecular weight excluding hydrogens is 437 g/mol. The quantitative estimate of drug-likeness (QED) is 0.543. The van der Waals surface area contributed by atoms with Crippen LogP contribution in [0, 0.1) is 0 Å². The first-order chi connectivity index (χ1) is 14.4. The summed E-state index contributed by atoms with van der Waals surface area (Å²) in [4.78, 5) is 42.9. The van der Waals surface area contributed by atoms with Gasteiger partial charge in [-0.1, -0.05) is 0 Å². The van der Waals surface area contributed by atoms with Gasteiger partial charge in [-0.15, -0.1) is 0 Å². The lowest BCUT2D eigenvalue weighted by atomic mass is 10.0. The van der Waals surface area contributed by atoms with E-state index < -0.39 is 29.1 Å². The van der Waals surface area contributed by atoms with Gasteiger partial charge >= 0.3 is 17.6 Å². The number of benzene rings is 1. The molecule has 31 heavy (non-hydrogen) atoms. The molecule has 1 aliphatic rings. The van der Waals surface area contributed by atoms with Crippen LogP contribution in [0.4, 0.5) is 28.4 Å². The Bertz CT molecular complexity index is 1030. The molecule has 1 fully saturated rings. The van der Waals surface area contributed by atoms with E-state index in [1.165, 1.54) is 41.4 Å². The van der Waals surface area contributed by atoms with Crippen LogP contribution in [0.1, 0.15) is 19.4 Å². The first-order valence-corrected chi connectivity index (χ1v) is 9.64. The van der Waals surface area contributed by atoms with E-state index in [0.29, 0.717) is 5.56 Å². The fourth-order valence-electron chi connectivity index (χ4n) is 3.02. The molecule has 0 atom stereocenters. The monoisotopic (exact) mass is 454 g/mol. The smallest absolute Gasteiger partial charge is 0.391 e. The van der Waals surface area contributed by atoms with Gasteiger partial charge in [0.1, 0.15) is 5.54 Å². The van der Waals surface area contributed by atoms with Crippen molar-refractivity contribution in [3.8, 4) is 5.88 Å². The number of thioether (sulfide) groups is 1. The number of urea groups is 1. The summed E-state index contributed by atoms with van der Waals surface area (Å²) < 4.78 is 42.3. The maximum absolute atomic E-state index is 13.0. The molecule has 0 spiro atoms. The van der Waals surface area contributed by atoms with Crippen LogP contribution in [0.15, 0.2) is 47.5 Å². The number of anilines is 1. The number of pyridine rings is 1. The maximum Gasteiger partial charge on any atom is 0.446 e. The van der Waals surface area contributed by atoms with Crippen molar-refractivity contribution >= 4 is 35.5 Å². The summed E-state index contributed by atoms with van der Waals surface area (Å²) in [5.41, 5.74) is -0.0232. The van der Waals surface area contributed by atoms with E-state index in [9.17, 15) is 27.6 Å². The number of carbonyl (C=O) groups excluding carboxylic acids is 3. The predicted molar refractivity (Wildman–Crippen MR) is 105 cm³/mol. The zero-order valence-corrected chi connectivity index (χ0v) is 17.2. The summed E-state index contributed by atoms with van der Waals surface area (Å²) in [6.45, 7) is 3.11.